The lowest BCUT2D eigenvalue weighted by atomic mass is 9.67. The molecule has 0 saturated carbocycles. The highest BCUT2D eigenvalue weighted by molar-refractivity contribution is 7.26. The third kappa shape index (κ3) is 10.8. The van der Waals surface area contributed by atoms with Crippen LogP contribution in [0.4, 0.5) is 0 Å². The summed E-state index contributed by atoms with van der Waals surface area (Å²) in [5, 5.41) is 4.67. The zero-order valence-electron chi connectivity index (χ0n) is 62.3. The Morgan fingerprint density at radius 3 is 1.25 bits per heavy atom. The van der Waals surface area contributed by atoms with Crippen LogP contribution in [0.25, 0.3) is 187 Å². The van der Waals surface area contributed by atoms with Crippen LogP contribution in [0.1, 0.15) is 47.2 Å². The van der Waals surface area contributed by atoms with Gasteiger partial charge in [-0.05, 0) is 154 Å². The van der Waals surface area contributed by atoms with Gasteiger partial charge in [-0.2, -0.15) is 0 Å². The van der Waals surface area contributed by atoms with Crippen LogP contribution in [0.15, 0.2) is 376 Å². The van der Waals surface area contributed by atoms with E-state index in [-0.39, 0.29) is 5.41 Å². The number of benzene rings is 16. The first kappa shape index (κ1) is 66.9. The van der Waals surface area contributed by atoms with Crippen molar-refractivity contribution in [2.45, 2.75) is 24.7 Å². The molecule has 2 aliphatic carbocycles. The molecule has 20 aromatic rings. The predicted octanol–water partition coefficient (Wildman–Crippen LogP) is 27.8. The van der Waals surface area contributed by atoms with E-state index in [2.05, 4.69) is 390 Å². The van der Waals surface area contributed by atoms with Crippen molar-refractivity contribution in [1.29, 1.82) is 0 Å². The molecule has 0 spiro atoms. The van der Waals surface area contributed by atoms with Gasteiger partial charge in [0.15, 0.2) is 34.9 Å². The standard InChI is InChI=1S/C106H68N6S2/c1-105(2)90-45-21-17-37-79(90)82-42-25-41-77(96(82)105)68-51-55-70(56-52-68)100-108-102(112-103(109-100)87-44-26-43-83-81-38-19-23-47-93(81)113-97(83)87)85-60-58-72(63-89(85)67-29-9-4-10-30-67)76-61-62-88(98-95(76)86-40-20-24-48-94(86)114-98)104-110-99(107-101(111-104)84-39-16-15-35-75(84)66-27-7-3-8-28-66)69-53-49-65(50-54-69)71-57-59-80-78-36-18-22-46-91(78)106(92(80)64-71,73-31-11-5-12-32-73)74-33-13-6-14-34-74/h3-64H,1-2H3. The average Bonchev–Trinajstić information content (AvgIpc) is 1.53. The fraction of sp³-hybridized carbons (Fsp3) is 0.0377. The zero-order chi connectivity index (χ0) is 75.6. The summed E-state index contributed by atoms with van der Waals surface area (Å²) in [4.78, 5) is 33.2. The molecular weight excluding hydrogens is 1420 g/mol. The topological polar surface area (TPSA) is 77.3 Å². The zero-order valence-corrected chi connectivity index (χ0v) is 63.9. The fourth-order valence-corrected chi connectivity index (χ4v) is 20.7. The van der Waals surface area contributed by atoms with Crippen molar-refractivity contribution in [2.75, 3.05) is 0 Å². The van der Waals surface area contributed by atoms with Crippen LogP contribution in [0.5, 0.6) is 0 Å². The van der Waals surface area contributed by atoms with E-state index in [0.717, 1.165) is 108 Å². The molecule has 16 aromatic carbocycles. The number of thiophene rings is 2. The number of hydrogen-bond acceptors (Lipinski definition) is 8. The molecule has 0 amide bonds. The third-order valence-corrected chi connectivity index (χ3v) is 26.0. The van der Waals surface area contributed by atoms with Crippen molar-refractivity contribution >= 4 is 63.0 Å². The van der Waals surface area contributed by atoms with Gasteiger partial charge in [0, 0.05) is 79.1 Å². The first-order valence-electron chi connectivity index (χ1n) is 38.8. The molecule has 22 rings (SSSR count). The van der Waals surface area contributed by atoms with Gasteiger partial charge in [0.05, 0.1) is 5.41 Å². The molecule has 0 aliphatic heterocycles. The van der Waals surface area contributed by atoms with Gasteiger partial charge >= 0.3 is 0 Å². The van der Waals surface area contributed by atoms with Crippen LogP contribution >= 0.6 is 22.7 Å². The minimum absolute atomic E-state index is 0.174. The van der Waals surface area contributed by atoms with E-state index in [1.165, 1.54) is 76.7 Å². The highest BCUT2D eigenvalue weighted by Crippen LogP contribution is 2.58. The smallest absolute Gasteiger partial charge is 0.165 e. The maximum Gasteiger partial charge on any atom is 0.165 e. The number of rotatable bonds is 13. The van der Waals surface area contributed by atoms with E-state index in [4.69, 9.17) is 29.9 Å². The molecule has 8 heteroatoms. The molecule has 0 atom stereocenters. The maximum absolute atomic E-state index is 5.58. The lowest BCUT2D eigenvalue weighted by molar-refractivity contribution is 0.662. The summed E-state index contributed by atoms with van der Waals surface area (Å²) < 4.78 is 4.59. The Morgan fingerprint density at radius 2 is 0.596 bits per heavy atom. The number of nitrogens with zero attached hydrogens (tertiary/aromatic N) is 6. The van der Waals surface area contributed by atoms with E-state index in [9.17, 15) is 0 Å². The second kappa shape index (κ2) is 26.9. The third-order valence-electron chi connectivity index (χ3n) is 23.6. The molecule has 4 heterocycles. The Bertz CT molecular complexity index is 7190. The van der Waals surface area contributed by atoms with Gasteiger partial charge in [0.2, 0.25) is 0 Å². The van der Waals surface area contributed by atoms with Crippen LogP contribution < -0.4 is 0 Å². The van der Waals surface area contributed by atoms with Crippen molar-refractivity contribution in [3.05, 3.63) is 409 Å². The molecule has 0 radical (unpaired) electrons. The molecule has 6 nitrogen and oxygen atoms in total. The minimum atomic E-state index is -0.525. The van der Waals surface area contributed by atoms with Gasteiger partial charge in [0.25, 0.3) is 0 Å². The predicted molar refractivity (Wildman–Crippen MR) is 474 cm³/mol. The van der Waals surface area contributed by atoms with Crippen molar-refractivity contribution in [3.8, 4) is 146 Å². The first-order valence-corrected chi connectivity index (χ1v) is 40.4. The molecule has 0 saturated heterocycles. The van der Waals surface area contributed by atoms with Gasteiger partial charge in [-0.3, -0.25) is 0 Å². The molecule has 0 fully saturated rings. The summed E-state index contributed by atoms with van der Waals surface area (Å²) in [6.07, 6.45) is 0. The quantitative estimate of drug-likeness (QED) is 0.114. The second-order valence-corrected chi connectivity index (χ2v) is 32.3. The monoisotopic (exact) mass is 1490 g/mol. The van der Waals surface area contributed by atoms with Crippen molar-refractivity contribution in [1.82, 2.24) is 29.9 Å². The van der Waals surface area contributed by atoms with Gasteiger partial charge in [-0.25, -0.2) is 29.9 Å². The van der Waals surface area contributed by atoms with Gasteiger partial charge in [0.1, 0.15) is 0 Å². The average molecular weight is 1490 g/mol. The molecule has 114 heavy (non-hydrogen) atoms. The van der Waals surface area contributed by atoms with Crippen molar-refractivity contribution in [3.63, 3.8) is 0 Å². The highest BCUT2D eigenvalue weighted by atomic mass is 32.1. The Labute approximate surface area is 668 Å². The number of aromatic nitrogens is 6. The van der Waals surface area contributed by atoms with Gasteiger partial charge in [-0.1, -0.05) is 347 Å². The van der Waals surface area contributed by atoms with E-state index in [0.29, 0.717) is 34.9 Å². The fourth-order valence-electron chi connectivity index (χ4n) is 18.3. The molecule has 0 unspecified atom stereocenters. The highest BCUT2D eigenvalue weighted by Gasteiger charge is 2.46. The Hall–Kier alpha value is -14.0. The Balaban J connectivity index is 0.684. The van der Waals surface area contributed by atoms with Crippen molar-refractivity contribution < 1.29 is 0 Å². The summed E-state index contributed by atoms with van der Waals surface area (Å²) in [6.45, 7) is 4.70. The SMILES string of the molecule is CC1(C)c2ccccc2-c2cccc(-c3ccc(-c4nc(-c5ccc(-c6ccc(-c7nc(-c8ccc(-c9ccc%10c(c9)C(c9ccccc9)(c9ccccc9)c9ccccc9-%10)cc8)nc(-c8ccccc8-c8ccccc8)n7)c7sc8ccccc8c67)cc5-c5ccccc5)nc(-c5cccc6c5sc5ccccc56)n4)cc3)c21. The normalized spacial score (nSPS) is 13.0. The minimum Gasteiger partial charge on any atom is -0.208 e. The van der Waals surface area contributed by atoms with Crippen molar-refractivity contribution in [2.24, 2.45) is 0 Å². The summed E-state index contributed by atoms with van der Waals surface area (Å²) in [5.74, 6) is 3.54. The van der Waals surface area contributed by atoms with E-state index in [1.807, 2.05) is 0 Å². The van der Waals surface area contributed by atoms with Crippen LogP contribution in [0.2, 0.25) is 0 Å². The van der Waals surface area contributed by atoms with Gasteiger partial charge in [-0.15, -0.1) is 22.7 Å². The summed E-state index contributed by atoms with van der Waals surface area (Å²) >= 11 is 3.55. The molecule has 0 bridgehead atoms. The van der Waals surface area contributed by atoms with Gasteiger partial charge < -0.3 is 0 Å². The van der Waals surface area contributed by atoms with Crippen LogP contribution in [-0.2, 0) is 10.8 Å². The summed E-state index contributed by atoms with van der Waals surface area (Å²) in [5.41, 5.74) is 28.4. The molecular formula is C106H68N6S2. The van der Waals surface area contributed by atoms with Crippen LogP contribution in [0.3, 0.4) is 0 Å². The van der Waals surface area contributed by atoms with Crippen LogP contribution in [0, 0.1) is 0 Å². The molecule has 4 aromatic heterocycles. The largest absolute Gasteiger partial charge is 0.208 e. The number of hydrogen-bond donors (Lipinski definition) is 0. The summed E-state index contributed by atoms with van der Waals surface area (Å²) in [6, 6.07) is 136. The molecule has 534 valence electrons. The lowest BCUT2D eigenvalue weighted by Gasteiger charge is -2.34. The Morgan fingerprint density at radius 1 is 0.211 bits per heavy atom. The van der Waals surface area contributed by atoms with E-state index in [1.54, 1.807) is 22.7 Å². The maximum atomic E-state index is 5.58. The Kier molecular flexibility index (Phi) is 15.8. The molecule has 0 N–H and O–H groups in total. The lowest BCUT2D eigenvalue weighted by Crippen LogP contribution is -2.28. The van der Waals surface area contributed by atoms with E-state index >= 15 is 0 Å². The van der Waals surface area contributed by atoms with E-state index < -0.39 is 5.41 Å². The first-order chi connectivity index (χ1) is 56.3. The second-order valence-electron chi connectivity index (χ2n) is 30.2. The summed E-state index contributed by atoms with van der Waals surface area (Å²) in [7, 11) is 0. The molecule has 2 aliphatic rings. The van der Waals surface area contributed by atoms with Crippen LogP contribution in [-0.4, -0.2) is 29.9 Å². The number of fused-ring (bicyclic) bond motifs is 12.